The molecule has 0 aliphatic heterocycles. The van der Waals surface area contributed by atoms with Crippen LogP contribution < -0.4 is 14.8 Å². The van der Waals surface area contributed by atoms with Crippen molar-refractivity contribution in [3.8, 4) is 11.5 Å². The lowest BCUT2D eigenvalue weighted by molar-refractivity contribution is 0.0981. The molecule has 6 nitrogen and oxygen atoms in total. The second-order valence-electron chi connectivity index (χ2n) is 10.6. The van der Waals surface area contributed by atoms with E-state index in [1.54, 1.807) is 20.4 Å². The molecule has 0 radical (unpaired) electrons. The number of Topliss-reactive ketones (excluding diaryl/α,β-unsaturated/α-hetero) is 1. The van der Waals surface area contributed by atoms with Gasteiger partial charge in [0.05, 0.1) is 47.2 Å². The number of benzene rings is 3. The molecular weight excluding hydrogens is 558 g/mol. The number of nitrogens with one attached hydrogen (secondary N) is 1. The van der Waals surface area contributed by atoms with E-state index in [1.807, 2.05) is 56.4 Å². The lowest BCUT2D eigenvalue weighted by atomic mass is 10.0. The summed E-state index contributed by atoms with van der Waals surface area (Å²) in [4.78, 5) is 20.9. The minimum atomic E-state index is 0.0633. The predicted molar refractivity (Wildman–Crippen MR) is 179 cm³/mol. The number of ether oxygens (including phenoxy) is 2. The van der Waals surface area contributed by atoms with E-state index in [4.69, 9.17) is 26.1 Å². The van der Waals surface area contributed by atoms with E-state index in [1.165, 1.54) is 11.1 Å². The van der Waals surface area contributed by atoms with Crippen molar-refractivity contribution in [2.45, 2.75) is 59.8 Å². The van der Waals surface area contributed by atoms with E-state index >= 15 is 0 Å². The van der Waals surface area contributed by atoms with Crippen LogP contribution >= 0.6 is 11.6 Å². The van der Waals surface area contributed by atoms with Gasteiger partial charge in [-0.3, -0.25) is 14.8 Å². The van der Waals surface area contributed by atoms with Crippen LogP contribution in [0.15, 0.2) is 67.0 Å². The number of aryl methyl sites for hydroxylation is 3. The van der Waals surface area contributed by atoms with Crippen molar-refractivity contribution >= 4 is 50.6 Å². The van der Waals surface area contributed by atoms with Crippen LogP contribution in [0.4, 0.5) is 11.4 Å². The van der Waals surface area contributed by atoms with Gasteiger partial charge in [-0.1, -0.05) is 68.3 Å². The third-order valence-corrected chi connectivity index (χ3v) is 7.86. The number of nitrogens with zero attached hydrogens (tertiary/aromatic N) is 2. The number of carbonyl (C=O) groups is 1. The molecule has 3 aromatic carbocycles. The molecule has 0 fully saturated rings. The number of halogens is 1. The Kier molecular flexibility index (Phi) is 11.0. The highest BCUT2D eigenvalue weighted by atomic mass is 35.5. The normalized spacial score (nSPS) is 10.8. The molecule has 43 heavy (non-hydrogen) atoms. The van der Waals surface area contributed by atoms with Crippen LogP contribution in [0.2, 0.25) is 5.02 Å². The monoisotopic (exact) mass is 597 g/mol. The maximum atomic E-state index is 11.9. The first-order valence-electron chi connectivity index (χ1n) is 14.8. The summed E-state index contributed by atoms with van der Waals surface area (Å²) in [6, 6.07) is 17.9. The quantitative estimate of drug-likeness (QED) is 0.161. The Labute approximate surface area is 259 Å². The molecule has 0 amide bonds. The van der Waals surface area contributed by atoms with Gasteiger partial charge in [-0.2, -0.15) is 0 Å². The number of unbranched alkanes of at least 4 members (excludes halogenated alkanes) is 1. The Morgan fingerprint density at radius 1 is 0.860 bits per heavy atom. The lowest BCUT2D eigenvalue weighted by Gasteiger charge is -2.18. The van der Waals surface area contributed by atoms with Gasteiger partial charge >= 0.3 is 0 Å². The van der Waals surface area contributed by atoms with Crippen LogP contribution in [0.1, 0.15) is 66.6 Å². The highest BCUT2D eigenvalue weighted by Crippen LogP contribution is 2.36. The topological polar surface area (TPSA) is 73.3 Å². The standard InChI is InChI=1S/C22H26N2O2.C14H14ClNO/c1-5-6-9-16-14-23-21-15(2)8-7-10-18(21)22(16)24-19-13-17(25-3)11-12-20(19)26-4;1-3-5-12(17)11-8-16-14-9(2)6-4-7-10(14)13(11)15/h7-8,10-14H,5-6,9H2,1-4H3,(H,23,24);4,6-8H,3,5H2,1-2H3. The average Bonchev–Trinajstić information content (AvgIpc) is 3.02. The Hall–Kier alpha value is -4.16. The molecule has 5 rings (SSSR count). The van der Waals surface area contributed by atoms with Crippen LogP contribution in [-0.4, -0.2) is 30.0 Å². The highest BCUT2D eigenvalue weighted by Gasteiger charge is 2.15. The lowest BCUT2D eigenvalue weighted by Crippen LogP contribution is -2.02. The number of ketones is 1. The molecule has 224 valence electrons. The van der Waals surface area contributed by atoms with Gasteiger partial charge in [0.15, 0.2) is 5.78 Å². The smallest absolute Gasteiger partial charge is 0.165 e. The minimum Gasteiger partial charge on any atom is -0.497 e. The maximum absolute atomic E-state index is 11.9. The molecule has 0 saturated heterocycles. The molecule has 0 spiro atoms. The van der Waals surface area contributed by atoms with Crippen LogP contribution in [0.3, 0.4) is 0 Å². The van der Waals surface area contributed by atoms with Crippen LogP contribution in [0.5, 0.6) is 11.5 Å². The first-order chi connectivity index (χ1) is 20.8. The summed E-state index contributed by atoms with van der Waals surface area (Å²) in [6.07, 6.45) is 8.19. The van der Waals surface area contributed by atoms with Gasteiger partial charge in [0.25, 0.3) is 0 Å². The van der Waals surface area contributed by atoms with E-state index in [0.717, 1.165) is 75.9 Å². The summed E-state index contributed by atoms with van der Waals surface area (Å²) < 4.78 is 10.9. The predicted octanol–water partition coefficient (Wildman–Crippen LogP) is 9.83. The largest absolute Gasteiger partial charge is 0.497 e. The number of para-hydroxylation sites is 2. The van der Waals surface area contributed by atoms with Crippen LogP contribution in [-0.2, 0) is 6.42 Å². The molecule has 0 saturated carbocycles. The number of anilines is 2. The molecular formula is C36H40ClN3O3. The number of carbonyl (C=O) groups excluding carboxylic acids is 1. The molecule has 0 bridgehead atoms. The van der Waals surface area contributed by atoms with E-state index in [9.17, 15) is 4.79 Å². The van der Waals surface area contributed by atoms with Crippen LogP contribution in [0.25, 0.3) is 21.8 Å². The number of hydrogen-bond acceptors (Lipinski definition) is 6. The summed E-state index contributed by atoms with van der Waals surface area (Å²) in [7, 11) is 3.35. The number of fused-ring (bicyclic) bond motifs is 2. The minimum absolute atomic E-state index is 0.0633. The molecule has 1 N–H and O–H groups in total. The van der Waals surface area contributed by atoms with Crippen LogP contribution in [0, 0.1) is 13.8 Å². The van der Waals surface area contributed by atoms with Crippen molar-refractivity contribution < 1.29 is 14.3 Å². The fourth-order valence-electron chi connectivity index (χ4n) is 5.06. The Morgan fingerprint density at radius 3 is 2.19 bits per heavy atom. The second-order valence-corrected chi connectivity index (χ2v) is 10.9. The van der Waals surface area contributed by atoms with E-state index in [2.05, 4.69) is 42.3 Å². The van der Waals surface area contributed by atoms with Crippen molar-refractivity contribution in [3.05, 3.63) is 94.3 Å². The molecule has 7 heteroatoms. The molecule has 2 heterocycles. The SMILES string of the molecule is CCCC(=O)c1cnc2c(C)cccc2c1Cl.CCCCc1cnc2c(C)cccc2c1Nc1cc(OC)ccc1OC. The van der Waals surface area contributed by atoms with Crippen molar-refractivity contribution in [2.75, 3.05) is 19.5 Å². The Balaban J connectivity index is 0.000000215. The number of rotatable bonds is 10. The fraction of sp³-hybridized carbons (Fsp3) is 0.306. The first kappa shape index (κ1) is 31.8. The highest BCUT2D eigenvalue weighted by molar-refractivity contribution is 6.38. The van der Waals surface area contributed by atoms with Crippen molar-refractivity contribution in [3.63, 3.8) is 0 Å². The Morgan fingerprint density at radius 2 is 1.53 bits per heavy atom. The maximum Gasteiger partial charge on any atom is 0.165 e. The zero-order valence-corrected chi connectivity index (χ0v) is 26.6. The summed E-state index contributed by atoms with van der Waals surface area (Å²) in [6.45, 7) is 8.26. The summed E-state index contributed by atoms with van der Waals surface area (Å²) in [5.74, 6) is 1.64. The van der Waals surface area contributed by atoms with Crippen molar-refractivity contribution in [1.82, 2.24) is 9.97 Å². The van der Waals surface area contributed by atoms with E-state index in [0.29, 0.717) is 17.0 Å². The molecule has 0 unspecified atom stereocenters. The number of hydrogen-bond donors (Lipinski definition) is 1. The molecule has 5 aromatic rings. The zero-order valence-electron chi connectivity index (χ0n) is 25.9. The molecule has 0 aliphatic carbocycles. The zero-order chi connectivity index (χ0) is 30.9. The third kappa shape index (κ3) is 7.26. The van der Waals surface area contributed by atoms with Gasteiger partial charge in [-0.25, -0.2) is 0 Å². The van der Waals surface area contributed by atoms with Gasteiger partial charge in [0.2, 0.25) is 0 Å². The summed E-state index contributed by atoms with van der Waals surface area (Å²) >= 11 is 6.28. The summed E-state index contributed by atoms with van der Waals surface area (Å²) in [5.41, 5.74) is 7.87. The number of methoxy groups -OCH3 is 2. The molecule has 2 aromatic heterocycles. The van der Waals surface area contributed by atoms with Gasteiger partial charge in [0, 0.05) is 35.7 Å². The number of pyridine rings is 2. The Bertz CT molecular complexity index is 1740. The fourth-order valence-corrected chi connectivity index (χ4v) is 5.36. The number of aromatic nitrogens is 2. The average molecular weight is 598 g/mol. The third-order valence-electron chi connectivity index (χ3n) is 7.45. The van der Waals surface area contributed by atoms with Crippen molar-refractivity contribution in [1.29, 1.82) is 0 Å². The van der Waals surface area contributed by atoms with Crippen molar-refractivity contribution in [2.24, 2.45) is 0 Å². The second kappa shape index (κ2) is 14.8. The van der Waals surface area contributed by atoms with Gasteiger partial charge in [0.1, 0.15) is 11.5 Å². The molecule has 0 atom stereocenters. The molecule has 0 aliphatic rings. The van der Waals surface area contributed by atoms with E-state index < -0.39 is 0 Å². The van der Waals surface area contributed by atoms with Gasteiger partial charge in [-0.15, -0.1) is 0 Å². The van der Waals surface area contributed by atoms with E-state index in [-0.39, 0.29) is 5.78 Å². The van der Waals surface area contributed by atoms with Gasteiger partial charge in [-0.05, 0) is 61.9 Å². The first-order valence-corrected chi connectivity index (χ1v) is 15.1. The van der Waals surface area contributed by atoms with Gasteiger partial charge < -0.3 is 14.8 Å². The summed E-state index contributed by atoms with van der Waals surface area (Å²) in [5, 5.41) is 6.11.